The fourth-order valence-electron chi connectivity index (χ4n) is 2.81. The number of alkyl halides is 3. The Hall–Kier alpha value is -3.23. The van der Waals surface area contributed by atoms with Crippen molar-refractivity contribution < 1.29 is 37.3 Å². The Balaban J connectivity index is 2.58. The van der Waals surface area contributed by atoms with E-state index in [2.05, 4.69) is 0 Å². The Bertz CT molecular complexity index is 941. The first-order chi connectivity index (χ1) is 14.0. The highest BCUT2D eigenvalue weighted by atomic mass is 19.4. The SMILES string of the molecule is CCC(Oc1cc(-c2ccc(OC)c(C(=O)O)c2)cc(C(F)(F)F)c1)C(=O)N(C)C. The highest BCUT2D eigenvalue weighted by Crippen LogP contribution is 2.37. The Labute approximate surface area is 171 Å². The van der Waals surface area contributed by atoms with Gasteiger partial charge in [0.15, 0.2) is 6.10 Å². The zero-order chi connectivity index (χ0) is 22.6. The van der Waals surface area contributed by atoms with Crippen LogP contribution in [0, 0.1) is 0 Å². The standard InChI is InChI=1S/C21H22F3NO5/c1-5-17(19(26)25(2)3)30-15-9-13(8-14(11-15)21(22,23)24)12-6-7-18(29-4)16(10-12)20(27)28/h6-11,17H,5H2,1-4H3,(H,27,28). The van der Waals surface area contributed by atoms with Crippen molar-refractivity contribution in [3.63, 3.8) is 0 Å². The lowest BCUT2D eigenvalue weighted by atomic mass is 9.99. The van der Waals surface area contributed by atoms with E-state index in [1.54, 1.807) is 6.92 Å². The first-order valence-corrected chi connectivity index (χ1v) is 8.99. The van der Waals surface area contributed by atoms with Crippen molar-refractivity contribution in [2.75, 3.05) is 21.2 Å². The van der Waals surface area contributed by atoms with E-state index in [4.69, 9.17) is 9.47 Å². The van der Waals surface area contributed by atoms with Crippen LogP contribution in [-0.4, -0.2) is 49.2 Å². The van der Waals surface area contributed by atoms with Gasteiger partial charge >= 0.3 is 12.1 Å². The van der Waals surface area contributed by atoms with Crippen molar-refractivity contribution in [2.45, 2.75) is 25.6 Å². The fourth-order valence-corrected chi connectivity index (χ4v) is 2.81. The Morgan fingerprint density at radius 3 is 2.27 bits per heavy atom. The number of aromatic carboxylic acids is 1. The van der Waals surface area contributed by atoms with Gasteiger partial charge in [0.2, 0.25) is 0 Å². The number of carbonyl (C=O) groups is 2. The predicted molar refractivity (Wildman–Crippen MR) is 104 cm³/mol. The molecule has 1 atom stereocenters. The van der Waals surface area contributed by atoms with Crippen molar-refractivity contribution in [1.82, 2.24) is 4.90 Å². The van der Waals surface area contributed by atoms with E-state index in [0.29, 0.717) is 0 Å². The maximum absolute atomic E-state index is 13.5. The number of rotatable bonds is 7. The van der Waals surface area contributed by atoms with Gasteiger partial charge in [-0.1, -0.05) is 13.0 Å². The molecule has 0 fully saturated rings. The topological polar surface area (TPSA) is 76.1 Å². The first-order valence-electron chi connectivity index (χ1n) is 8.99. The summed E-state index contributed by atoms with van der Waals surface area (Å²) in [6, 6.07) is 7.10. The predicted octanol–water partition coefficient (Wildman–Crippen LogP) is 4.32. The molecule has 30 heavy (non-hydrogen) atoms. The molecule has 2 aromatic rings. The second-order valence-corrected chi connectivity index (χ2v) is 6.71. The average molecular weight is 425 g/mol. The third kappa shape index (κ3) is 5.22. The van der Waals surface area contributed by atoms with Gasteiger partial charge in [0, 0.05) is 14.1 Å². The van der Waals surface area contributed by atoms with Crippen LogP contribution in [0.15, 0.2) is 36.4 Å². The van der Waals surface area contributed by atoms with Crippen molar-refractivity contribution in [2.24, 2.45) is 0 Å². The van der Waals surface area contributed by atoms with Gasteiger partial charge in [-0.15, -0.1) is 0 Å². The van der Waals surface area contributed by atoms with Crippen LogP contribution in [0.4, 0.5) is 13.2 Å². The van der Waals surface area contributed by atoms with Crippen LogP contribution in [0.3, 0.4) is 0 Å². The molecule has 0 aliphatic carbocycles. The fraction of sp³-hybridized carbons (Fsp3) is 0.333. The molecule has 2 rings (SSSR count). The molecule has 0 radical (unpaired) electrons. The smallest absolute Gasteiger partial charge is 0.416 e. The van der Waals surface area contributed by atoms with E-state index < -0.39 is 23.8 Å². The minimum atomic E-state index is -4.66. The number of amides is 1. The van der Waals surface area contributed by atoms with Gasteiger partial charge in [-0.3, -0.25) is 4.79 Å². The lowest BCUT2D eigenvalue weighted by Crippen LogP contribution is -2.37. The normalized spacial score (nSPS) is 12.2. The minimum Gasteiger partial charge on any atom is -0.496 e. The summed E-state index contributed by atoms with van der Waals surface area (Å²) in [4.78, 5) is 25.0. The van der Waals surface area contributed by atoms with Crippen LogP contribution in [0.5, 0.6) is 11.5 Å². The molecule has 0 saturated carbocycles. The molecule has 0 spiro atoms. The lowest BCUT2D eigenvalue weighted by molar-refractivity contribution is -0.137. The summed E-state index contributed by atoms with van der Waals surface area (Å²) in [6.45, 7) is 1.68. The third-order valence-electron chi connectivity index (χ3n) is 4.36. The molecule has 162 valence electrons. The zero-order valence-electron chi connectivity index (χ0n) is 16.9. The van der Waals surface area contributed by atoms with Crippen LogP contribution in [0.25, 0.3) is 11.1 Å². The number of ether oxygens (including phenoxy) is 2. The summed E-state index contributed by atoms with van der Waals surface area (Å²) >= 11 is 0. The van der Waals surface area contributed by atoms with Gasteiger partial charge in [0.1, 0.15) is 17.1 Å². The number of carboxylic acid groups (broad SMARTS) is 1. The number of hydrogen-bond donors (Lipinski definition) is 1. The largest absolute Gasteiger partial charge is 0.496 e. The van der Waals surface area contributed by atoms with E-state index in [1.165, 1.54) is 50.4 Å². The van der Waals surface area contributed by atoms with Gasteiger partial charge in [-0.25, -0.2) is 4.79 Å². The molecule has 6 nitrogen and oxygen atoms in total. The Morgan fingerprint density at radius 2 is 1.77 bits per heavy atom. The highest BCUT2D eigenvalue weighted by molar-refractivity contribution is 5.92. The quantitative estimate of drug-likeness (QED) is 0.715. The molecule has 0 bridgehead atoms. The summed E-state index contributed by atoms with van der Waals surface area (Å²) in [5.41, 5.74) is -0.841. The Morgan fingerprint density at radius 1 is 1.10 bits per heavy atom. The molecule has 1 N–H and O–H groups in total. The van der Waals surface area contributed by atoms with E-state index in [9.17, 15) is 27.9 Å². The summed E-state index contributed by atoms with van der Waals surface area (Å²) in [5, 5.41) is 9.34. The molecule has 0 saturated heterocycles. The van der Waals surface area contributed by atoms with Crippen LogP contribution in [0.2, 0.25) is 0 Å². The van der Waals surface area contributed by atoms with Crippen LogP contribution in [-0.2, 0) is 11.0 Å². The second kappa shape index (κ2) is 9.06. The molecule has 1 unspecified atom stereocenters. The van der Waals surface area contributed by atoms with Crippen LogP contribution < -0.4 is 9.47 Å². The van der Waals surface area contributed by atoms with E-state index in [-0.39, 0.29) is 40.5 Å². The van der Waals surface area contributed by atoms with Crippen LogP contribution in [0.1, 0.15) is 29.3 Å². The Kier molecular flexibility index (Phi) is 6.96. The number of hydrogen-bond acceptors (Lipinski definition) is 4. The highest BCUT2D eigenvalue weighted by Gasteiger charge is 2.32. The summed E-state index contributed by atoms with van der Waals surface area (Å²) in [6.07, 6.45) is -5.36. The zero-order valence-corrected chi connectivity index (χ0v) is 16.9. The van der Waals surface area contributed by atoms with E-state index in [1.807, 2.05) is 0 Å². The number of nitrogens with zero attached hydrogens (tertiary/aromatic N) is 1. The van der Waals surface area contributed by atoms with Gasteiger partial charge in [0.25, 0.3) is 5.91 Å². The number of carbonyl (C=O) groups excluding carboxylic acids is 1. The van der Waals surface area contributed by atoms with Crippen molar-refractivity contribution >= 4 is 11.9 Å². The molecule has 0 aliphatic heterocycles. The molecule has 9 heteroatoms. The summed E-state index contributed by atoms with van der Waals surface area (Å²) in [5.74, 6) is -1.72. The van der Waals surface area contributed by atoms with Gasteiger partial charge in [0.05, 0.1) is 12.7 Å². The monoisotopic (exact) mass is 425 g/mol. The molecule has 0 aromatic heterocycles. The average Bonchev–Trinajstić information content (AvgIpc) is 2.69. The molecule has 1 amide bonds. The van der Waals surface area contributed by atoms with Crippen molar-refractivity contribution in [3.8, 4) is 22.6 Å². The van der Waals surface area contributed by atoms with Gasteiger partial charge < -0.3 is 19.5 Å². The number of benzene rings is 2. The first kappa shape index (κ1) is 23.1. The van der Waals surface area contributed by atoms with Crippen molar-refractivity contribution in [3.05, 3.63) is 47.5 Å². The number of likely N-dealkylation sites (N-methyl/N-ethyl adjacent to an activating group) is 1. The number of methoxy groups -OCH3 is 1. The molecular formula is C21H22F3NO5. The molecule has 0 heterocycles. The van der Waals surface area contributed by atoms with E-state index >= 15 is 0 Å². The number of carboxylic acids is 1. The van der Waals surface area contributed by atoms with Crippen molar-refractivity contribution in [1.29, 1.82) is 0 Å². The maximum atomic E-state index is 13.5. The maximum Gasteiger partial charge on any atom is 0.416 e. The molecular weight excluding hydrogens is 403 g/mol. The van der Waals surface area contributed by atoms with Crippen LogP contribution >= 0.6 is 0 Å². The number of halogens is 3. The summed E-state index contributed by atoms with van der Waals surface area (Å²) in [7, 11) is 4.34. The molecule has 2 aromatic carbocycles. The minimum absolute atomic E-state index is 0.0809. The lowest BCUT2D eigenvalue weighted by Gasteiger charge is -2.22. The van der Waals surface area contributed by atoms with Gasteiger partial charge in [-0.05, 0) is 47.9 Å². The molecule has 0 aliphatic rings. The van der Waals surface area contributed by atoms with Gasteiger partial charge in [-0.2, -0.15) is 13.2 Å². The summed E-state index contributed by atoms with van der Waals surface area (Å²) < 4.78 is 50.9. The van der Waals surface area contributed by atoms with E-state index in [0.717, 1.165) is 12.1 Å². The third-order valence-corrected chi connectivity index (χ3v) is 4.36. The second-order valence-electron chi connectivity index (χ2n) is 6.71.